The van der Waals surface area contributed by atoms with Crippen LogP contribution >= 0.6 is 0 Å². The number of methoxy groups -OCH3 is 3. The molecule has 0 bridgehead atoms. The standard InChI is InChI=1S/C9H13O3.2C4H8O2.Tl/c1-10-7-4-8(11-2)6-9(5-7)12-3;2*1-3(2)4(5)6;/h4-5H,6H2,1-3H3;2*3H,1-2H3,(H,5,6);/q;;;+2/p-2. The zero-order chi connectivity index (χ0) is 19.2. The van der Waals surface area contributed by atoms with E-state index in [-0.39, 0.29) is 11.8 Å². The Labute approximate surface area is 158 Å². The van der Waals surface area contributed by atoms with Gasteiger partial charge < -0.3 is 0 Å². The third-order valence-corrected chi connectivity index (χ3v) is 12.7. The van der Waals surface area contributed by atoms with Gasteiger partial charge in [0.2, 0.25) is 0 Å². The van der Waals surface area contributed by atoms with E-state index in [0.717, 1.165) is 0 Å². The second-order valence-corrected chi connectivity index (χ2v) is 14.6. The molecule has 1 rings (SSSR count). The molecule has 1 aliphatic carbocycles. The Bertz CT molecular complexity index is 531. The SMILES string of the molecule is COC1=C[C](OC)([Tl]([O]C(=O)C(C)C)[O]C(=O)C(C)C)CC(OC)=C1. The Morgan fingerprint density at radius 3 is 1.88 bits per heavy atom. The Morgan fingerprint density at radius 2 is 1.52 bits per heavy atom. The molecule has 0 aromatic rings. The van der Waals surface area contributed by atoms with Gasteiger partial charge in [0.05, 0.1) is 0 Å². The summed E-state index contributed by atoms with van der Waals surface area (Å²) in [7, 11) is 4.56. The van der Waals surface area contributed by atoms with Crippen LogP contribution in [0.15, 0.2) is 23.7 Å². The molecule has 0 radical (unpaired) electrons. The van der Waals surface area contributed by atoms with E-state index in [2.05, 4.69) is 0 Å². The van der Waals surface area contributed by atoms with Crippen molar-refractivity contribution in [3.05, 3.63) is 23.7 Å². The Kier molecular flexibility index (Phi) is 8.39. The molecule has 1 unspecified atom stereocenters. The number of allylic oxidation sites excluding steroid dienone is 1. The van der Waals surface area contributed by atoms with Gasteiger partial charge in [-0.2, -0.15) is 0 Å². The molecule has 8 heteroatoms. The summed E-state index contributed by atoms with van der Waals surface area (Å²) in [5, 5.41) is 0. The normalized spacial score (nSPS) is 19.9. The summed E-state index contributed by atoms with van der Waals surface area (Å²) in [6.07, 6.45) is 3.77. The predicted octanol–water partition coefficient (Wildman–Crippen LogP) is 2.26. The van der Waals surface area contributed by atoms with Crippen molar-refractivity contribution < 1.29 is 29.2 Å². The maximum absolute atomic E-state index is 12.2. The Balaban J connectivity index is 3.27. The molecule has 0 aliphatic heterocycles. The summed E-state index contributed by atoms with van der Waals surface area (Å²) in [4.78, 5) is 24.4. The topological polar surface area (TPSA) is 80.3 Å². The summed E-state index contributed by atoms with van der Waals surface area (Å²) >= 11 is -4.01. The zero-order valence-corrected chi connectivity index (χ0v) is 20.4. The molecule has 0 N–H and O–H groups in total. The monoisotopic (exact) mass is 548 g/mol. The number of hydrogen-bond acceptors (Lipinski definition) is 7. The molecule has 0 fully saturated rings. The average Bonchev–Trinajstić information content (AvgIpc) is 2.59. The van der Waals surface area contributed by atoms with E-state index in [1.165, 1.54) is 21.3 Å². The van der Waals surface area contributed by atoms with Gasteiger partial charge in [-0.15, -0.1) is 0 Å². The minimum absolute atomic E-state index is 0.315. The molecule has 0 spiro atoms. The average molecular weight is 548 g/mol. The van der Waals surface area contributed by atoms with Crippen molar-refractivity contribution in [3.63, 3.8) is 0 Å². The van der Waals surface area contributed by atoms with Crippen LogP contribution in [0, 0.1) is 11.8 Å². The predicted molar refractivity (Wildman–Crippen MR) is 92.2 cm³/mol. The van der Waals surface area contributed by atoms with Gasteiger partial charge in [-0.3, -0.25) is 0 Å². The molecule has 1 aliphatic rings. The van der Waals surface area contributed by atoms with Crippen molar-refractivity contribution in [2.75, 3.05) is 21.3 Å². The quantitative estimate of drug-likeness (QED) is 0.431. The van der Waals surface area contributed by atoms with E-state index >= 15 is 0 Å². The molecule has 0 heterocycles. The number of carbonyl (C=O) groups is 2. The summed E-state index contributed by atoms with van der Waals surface area (Å²) in [6, 6.07) is 0. The van der Waals surface area contributed by atoms with E-state index < -0.39 is 38.7 Å². The second kappa shape index (κ2) is 9.56. The van der Waals surface area contributed by atoms with Crippen LogP contribution in [0.25, 0.3) is 0 Å². The fourth-order valence-corrected chi connectivity index (χ4v) is 11.0. The second-order valence-electron chi connectivity index (χ2n) is 6.42. The van der Waals surface area contributed by atoms with Crippen LogP contribution in [0.5, 0.6) is 0 Å². The van der Waals surface area contributed by atoms with Crippen LogP contribution in [0.3, 0.4) is 0 Å². The molecule has 1 atom stereocenters. The van der Waals surface area contributed by atoms with E-state index in [1.54, 1.807) is 39.8 Å². The van der Waals surface area contributed by atoms with Crippen molar-refractivity contribution in [1.82, 2.24) is 0 Å². The number of ether oxygens (including phenoxy) is 3. The Hall–Kier alpha value is -1.10. The van der Waals surface area contributed by atoms with E-state index in [0.29, 0.717) is 17.9 Å². The summed E-state index contributed by atoms with van der Waals surface area (Å²) in [5.41, 5.74) is 0. The molecule has 140 valence electrons. The summed E-state index contributed by atoms with van der Waals surface area (Å²) in [5.74, 6) is -0.355. The van der Waals surface area contributed by atoms with Crippen molar-refractivity contribution in [3.8, 4) is 0 Å². The van der Waals surface area contributed by atoms with Crippen LogP contribution in [0.2, 0.25) is 0 Å². The first-order valence-electron chi connectivity index (χ1n) is 8.16. The first-order valence-corrected chi connectivity index (χ1v) is 14.1. The molecule has 25 heavy (non-hydrogen) atoms. The fraction of sp³-hybridized carbons (Fsp3) is 0.647. The number of rotatable bonds is 8. The van der Waals surface area contributed by atoms with Gasteiger partial charge in [-0.25, -0.2) is 0 Å². The number of carbonyl (C=O) groups excluding carboxylic acids is 2. The summed E-state index contributed by atoms with van der Waals surface area (Å²) < 4.78 is 26.7. The minimum atomic E-state index is -4.01. The van der Waals surface area contributed by atoms with E-state index in [4.69, 9.17) is 19.6 Å². The van der Waals surface area contributed by atoms with Gasteiger partial charge in [0.25, 0.3) is 0 Å². The van der Waals surface area contributed by atoms with Crippen molar-refractivity contribution in [2.24, 2.45) is 11.8 Å². The summed E-state index contributed by atoms with van der Waals surface area (Å²) in [6.45, 7) is 6.92. The van der Waals surface area contributed by atoms with Gasteiger partial charge in [-0.1, -0.05) is 0 Å². The maximum atomic E-state index is 12.2. The molecular formula is C17H27O7Tl. The Morgan fingerprint density at radius 1 is 1.00 bits per heavy atom. The van der Waals surface area contributed by atoms with Gasteiger partial charge in [0.1, 0.15) is 0 Å². The van der Waals surface area contributed by atoms with Gasteiger partial charge in [0.15, 0.2) is 0 Å². The zero-order valence-electron chi connectivity index (χ0n) is 16.0. The molecule has 0 aromatic heterocycles. The third-order valence-electron chi connectivity index (χ3n) is 3.81. The van der Waals surface area contributed by atoms with Crippen molar-refractivity contribution >= 4 is 35.5 Å². The van der Waals surface area contributed by atoms with E-state index in [9.17, 15) is 9.59 Å². The van der Waals surface area contributed by atoms with Gasteiger partial charge in [-0.05, 0) is 0 Å². The molecule has 7 nitrogen and oxygen atoms in total. The van der Waals surface area contributed by atoms with Crippen molar-refractivity contribution in [1.29, 1.82) is 0 Å². The van der Waals surface area contributed by atoms with Crippen molar-refractivity contribution in [2.45, 2.75) is 37.3 Å². The van der Waals surface area contributed by atoms with E-state index in [1.807, 2.05) is 0 Å². The van der Waals surface area contributed by atoms with Crippen LogP contribution in [-0.4, -0.2) is 60.0 Å². The molecular weight excluding hydrogens is 521 g/mol. The fourth-order valence-electron chi connectivity index (χ4n) is 2.15. The molecule has 0 saturated heterocycles. The number of hydrogen-bond donors (Lipinski definition) is 0. The first kappa shape index (κ1) is 21.9. The third kappa shape index (κ3) is 5.70. The van der Waals surface area contributed by atoms with Gasteiger partial charge >= 0.3 is 159 Å². The first-order chi connectivity index (χ1) is 11.7. The van der Waals surface area contributed by atoms with Crippen LogP contribution in [0.4, 0.5) is 0 Å². The molecule has 0 aromatic carbocycles. The van der Waals surface area contributed by atoms with Crippen LogP contribution < -0.4 is 0 Å². The van der Waals surface area contributed by atoms with Gasteiger partial charge in [0, 0.05) is 0 Å². The van der Waals surface area contributed by atoms with Crippen LogP contribution in [-0.2, 0) is 29.2 Å². The molecule has 0 amide bonds. The van der Waals surface area contributed by atoms with Crippen LogP contribution in [0.1, 0.15) is 34.1 Å². The molecule has 0 saturated carbocycles.